The highest BCUT2D eigenvalue weighted by molar-refractivity contribution is 7.89. The average molecular weight is 425 g/mol. The molecule has 29 heavy (non-hydrogen) atoms. The summed E-state index contributed by atoms with van der Waals surface area (Å²) in [6.45, 7) is 6.35. The first-order valence-electron chi connectivity index (χ1n) is 9.99. The molecule has 1 aromatic carbocycles. The minimum Gasteiger partial charge on any atom is -0.466 e. The predicted octanol–water partition coefficient (Wildman–Crippen LogP) is 1.43. The summed E-state index contributed by atoms with van der Waals surface area (Å²) in [4.78, 5) is 26.6. The molecule has 0 unspecified atom stereocenters. The fourth-order valence-corrected chi connectivity index (χ4v) is 5.17. The molecule has 0 radical (unpaired) electrons. The lowest BCUT2D eigenvalue weighted by Gasteiger charge is -2.30. The summed E-state index contributed by atoms with van der Waals surface area (Å²) in [6.07, 6.45) is 0.868. The number of sulfonamides is 1. The number of rotatable bonds is 5. The molecule has 2 aliphatic rings. The van der Waals surface area contributed by atoms with Crippen LogP contribution in [-0.4, -0.2) is 75.5 Å². The number of aryl methyl sites for hydroxylation is 1. The molecule has 9 heteroatoms. The molecule has 2 saturated heterocycles. The Kier molecular flexibility index (Phi) is 6.92. The van der Waals surface area contributed by atoms with Crippen LogP contribution in [0, 0.1) is 12.8 Å². The topological polar surface area (TPSA) is 93.2 Å². The second-order valence-electron chi connectivity index (χ2n) is 7.31. The van der Waals surface area contributed by atoms with Crippen LogP contribution in [0.1, 0.15) is 35.7 Å². The fourth-order valence-electron chi connectivity index (χ4n) is 3.67. The van der Waals surface area contributed by atoms with E-state index >= 15 is 0 Å². The van der Waals surface area contributed by atoms with E-state index in [4.69, 9.17) is 9.47 Å². The van der Waals surface area contributed by atoms with Crippen LogP contribution < -0.4 is 0 Å². The highest BCUT2D eigenvalue weighted by Crippen LogP contribution is 2.26. The smallest absolute Gasteiger partial charge is 0.309 e. The first-order valence-corrected chi connectivity index (χ1v) is 11.4. The Morgan fingerprint density at radius 3 is 2.41 bits per heavy atom. The van der Waals surface area contributed by atoms with Crippen LogP contribution in [0.5, 0.6) is 0 Å². The van der Waals surface area contributed by atoms with Crippen molar-refractivity contribution >= 4 is 21.9 Å². The number of piperidine rings is 1. The van der Waals surface area contributed by atoms with Gasteiger partial charge in [0.15, 0.2) is 0 Å². The minimum absolute atomic E-state index is 0.106. The molecule has 0 aliphatic carbocycles. The molecule has 1 amide bonds. The Balaban J connectivity index is 1.76. The number of carbonyl (C=O) groups excluding carboxylic acids is 2. The third-order valence-electron chi connectivity index (χ3n) is 5.45. The molecular formula is C20H28N2O6S. The maximum atomic E-state index is 13.1. The van der Waals surface area contributed by atoms with Gasteiger partial charge in [-0.3, -0.25) is 9.59 Å². The quantitative estimate of drug-likeness (QED) is 0.664. The zero-order valence-electron chi connectivity index (χ0n) is 16.9. The van der Waals surface area contributed by atoms with Crippen LogP contribution in [-0.2, 0) is 24.3 Å². The SMILES string of the molecule is CCOC(=O)C1CCN(S(=O)(=O)c2ccc(C)c(C(=O)N3CCOCC3)c2)CC1. The van der Waals surface area contributed by atoms with Crippen molar-refractivity contribution < 1.29 is 27.5 Å². The van der Waals surface area contributed by atoms with Gasteiger partial charge in [-0.15, -0.1) is 0 Å². The van der Waals surface area contributed by atoms with Gasteiger partial charge in [0, 0.05) is 31.7 Å². The van der Waals surface area contributed by atoms with Crippen molar-refractivity contribution in [3.8, 4) is 0 Å². The molecule has 0 saturated carbocycles. The van der Waals surface area contributed by atoms with Crippen molar-refractivity contribution in [2.75, 3.05) is 46.0 Å². The van der Waals surface area contributed by atoms with Crippen molar-refractivity contribution in [2.24, 2.45) is 5.92 Å². The predicted molar refractivity (Wildman–Crippen MR) is 106 cm³/mol. The largest absolute Gasteiger partial charge is 0.466 e. The molecule has 0 aromatic heterocycles. The summed E-state index contributed by atoms with van der Waals surface area (Å²) in [5.74, 6) is -0.708. The van der Waals surface area contributed by atoms with E-state index in [2.05, 4.69) is 0 Å². The molecule has 8 nitrogen and oxygen atoms in total. The number of hydrogen-bond acceptors (Lipinski definition) is 6. The third-order valence-corrected chi connectivity index (χ3v) is 7.34. The first-order chi connectivity index (χ1) is 13.8. The van der Waals surface area contributed by atoms with Crippen LogP contribution in [0.4, 0.5) is 0 Å². The molecule has 0 atom stereocenters. The number of carbonyl (C=O) groups is 2. The lowest BCUT2D eigenvalue weighted by Crippen LogP contribution is -2.41. The van der Waals surface area contributed by atoms with Crippen molar-refractivity contribution in [3.63, 3.8) is 0 Å². The number of benzene rings is 1. The van der Waals surface area contributed by atoms with Crippen LogP contribution in [0.3, 0.4) is 0 Å². The first kappa shape index (κ1) is 21.7. The third kappa shape index (κ3) is 4.79. The van der Waals surface area contributed by atoms with Crippen LogP contribution in [0.2, 0.25) is 0 Å². The Morgan fingerprint density at radius 2 is 1.79 bits per heavy atom. The van der Waals surface area contributed by atoms with E-state index in [9.17, 15) is 18.0 Å². The number of amides is 1. The molecule has 2 aliphatic heterocycles. The van der Waals surface area contributed by atoms with Gasteiger partial charge in [0.05, 0.1) is 30.6 Å². The van der Waals surface area contributed by atoms with Crippen LogP contribution >= 0.6 is 0 Å². The Bertz CT molecular complexity index is 856. The monoisotopic (exact) mass is 424 g/mol. The Morgan fingerprint density at radius 1 is 1.14 bits per heavy atom. The number of esters is 1. The highest BCUT2D eigenvalue weighted by Gasteiger charge is 2.33. The number of ether oxygens (including phenoxy) is 2. The molecule has 3 rings (SSSR count). The normalized spacial score (nSPS) is 19.2. The van der Waals surface area contributed by atoms with E-state index in [0.717, 1.165) is 5.56 Å². The van der Waals surface area contributed by atoms with Crippen molar-refractivity contribution in [2.45, 2.75) is 31.6 Å². The van der Waals surface area contributed by atoms with E-state index in [-0.39, 0.29) is 35.8 Å². The van der Waals surface area contributed by atoms with Gasteiger partial charge in [-0.2, -0.15) is 4.31 Å². The Hall–Kier alpha value is -1.97. The van der Waals surface area contributed by atoms with Gasteiger partial charge in [-0.1, -0.05) is 6.07 Å². The second kappa shape index (κ2) is 9.23. The van der Waals surface area contributed by atoms with Gasteiger partial charge < -0.3 is 14.4 Å². The van der Waals surface area contributed by atoms with E-state index in [0.29, 0.717) is 51.3 Å². The highest BCUT2D eigenvalue weighted by atomic mass is 32.2. The van der Waals surface area contributed by atoms with Gasteiger partial charge >= 0.3 is 5.97 Å². The maximum absolute atomic E-state index is 13.1. The number of morpholine rings is 1. The van der Waals surface area contributed by atoms with E-state index < -0.39 is 10.0 Å². The van der Waals surface area contributed by atoms with Crippen LogP contribution in [0.25, 0.3) is 0 Å². The summed E-state index contributed by atoms with van der Waals surface area (Å²) in [5, 5.41) is 0. The summed E-state index contributed by atoms with van der Waals surface area (Å²) in [6, 6.07) is 4.68. The zero-order chi connectivity index (χ0) is 21.0. The van der Waals surface area contributed by atoms with E-state index in [1.807, 2.05) is 0 Å². The van der Waals surface area contributed by atoms with Gasteiger partial charge in [0.25, 0.3) is 5.91 Å². The Labute approximate surface area is 171 Å². The van der Waals surface area contributed by atoms with Gasteiger partial charge in [0.1, 0.15) is 0 Å². The van der Waals surface area contributed by atoms with Gasteiger partial charge in [-0.25, -0.2) is 8.42 Å². The molecule has 2 heterocycles. The summed E-state index contributed by atoms with van der Waals surface area (Å²) in [7, 11) is -3.74. The van der Waals surface area contributed by atoms with Crippen molar-refractivity contribution in [1.29, 1.82) is 0 Å². The molecule has 0 spiro atoms. The summed E-state index contributed by atoms with van der Waals surface area (Å²) in [5.41, 5.74) is 1.14. The average Bonchev–Trinajstić information content (AvgIpc) is 2.74. The lowest BCUT2D eigenvalue weighted by molar-refractivity contribution is -0.149. The standard InChI is InChI=1S/C20H28N2O6S/c1-3-28-20(24)16-6-8-22(9-7-16)29(25,26)17-5-4-15(2)18(14-17)19(23)21-10-12-27-13-11-21/h4-5,14,16H,3,6-13H2,1-2H3. The minimum atomic E-state index is -3.74. The zero-order valence-corrected chi connectivity index (χ0v) is 17.7. The maximum Gasteiger partial charge on any atom is 0.309 e. The number of nitrogens with zero attached hydrogens (tertiary/aromatic N) is 2. The van der Waals surface area contributed by atoms with Gasteiger partial charge in [0.2, 0.25) is 10.0 Å². The number of hydrogen-bond donors (Lipinski definition) is 0. The lowest BCUT2D eigenvalue weighted by atomic mass is 9.98. The second-order valence-corrected chi connectivity index (χ2v) is 9.25. The van der Waals surface area contributed by atoms with Crippen molar-refractivity contribution in [3.05, 3.63) is 29.3 Å². The molecular weight excluding hydrogens is 396 g/mol. The van der Waals surface area contributed by atoms with E-state index in [1.54, 1.807) is 24.8 Å². The van der Waals surface area contributed by atoms with Crippen molar-refractivity contribution in [1.82, 2.24) is 9.21 Å². The van der Waals surface area contributed by atoms with Crippen LogP contribution in [0.15, 0.2) is 23.1 Å². The fraction of sp³-hybridized carbons (Fsp3) is 0.600. The summed E-state index contributed by atoms with van der Waals surface area (Å²) < 4.78 is 37.9. The molecule has 2 fully saturated rings. The molecule has 0 N–H and O–H groups in total. The molecule has 0 bridgehead atoms. The molecule has 160 valence electrons. The molecule has 1 aromatic rings. The van der Waals surface area contributed by atoms with E-state index in [1.165, 1.54) is 16.4 Å². The summed E-state index contributed by atoms with van der Waals surface area (Å²) >= 11 is 0. The van der Waals surface area contributed by atoms with Gasteiger partial charge in [-0.05, 0) is 44.4 Å².